The van der Waals surface area contributed by atoms with Gasteiger partial charge in [-0.05, 0) is 32.0 Å². The van der Waals surface area contributed by atoms with Crippen molar-refractivity contribution >= 4 is 17.3 Å². The zero-order valence-corrected chi connectivity index (χ0v) is 11.1. The van der Waals surface area contributed by atoms with Gasteiger partial charge >= 0.3 is 0 Å². The molecule has 0 aromatic heterocycles. The molecule has 0 bridgehead atoms. The average Bonchev–Trinajstić information content (AvgIpc) is 2.39. The minimum atomic E-state index is 0.574. The molecule has 94 valence electrons. The van der Waals surface area contributed by atoms with Crippen molar-refractivity contribution in [2.24, 2.45) is 0 Å². The Bertz CT molecular complexity index is 384. The van der Waals surface area contributed by atoms with Gasteiger partial charge in [0.05, 0.1) is 12.1 Å². The van der Waals surface area contributed by atoms with E-state index in [1.807, 2.05) is 19.2 Å². The number of nitrogens with one attached hydrogen (secondary N) is 1. The fraction of sp³-hybridized carbons (Fsp3) is 0.538. The molecule has 1 aromatic rings. The highest BCUT2D eigenvalue weighted by atomic mass is 35.5. The van der Waals surface area contributed by atoms with Crippen LogP contribution in [0.1, 0.15) is 12.8 Å². The lowest BCUT2D eigenvalue weighted by Gasteiger charge is -2.34. The molecule has 1 aliphatic rings. The molecule has 1 atom stereocenters. The molecule has 0 radical (unpaired) electrons. The summed E-state index contributed by atoms with van der Waals surface area (Å²) < 4.78 is 5.26. The molecular formula is C13H19ClN2O. The number of nitrogens with zero attached hydrogens (tertiary/aromatic N) is 1. The Balaban J connectivity index is 2.16. The number of piperidine rings is 1. The number of rotatable bonds is 3. The lowest BCUT2D eigenvalue weighted by Crippen LogP contribution is -2.44. The van der Waals surface area contributed by atoms with E-state index in [2.05, 4.69) is 16.3 Å². The molecule has 1 fully saturated rings. The third kappa shape index (κ3) is 2.85. The summed E-state index contributed by atoms with van der Waals surface area (Å²) in [5.41, 5.74) is 1.19. The zero-order valence-electron chi connectivity index (χ0n) is 10.4. The summed E-state index contributed by atoms with van der Waals surface area (Å²) >= 11 is 6.04. The van der Waals surface area contributed by atoms with E-state index in [4.69, 9.17) is 16.3 Å². The van der Waals surface area contributed by atoms with Crippen molar-refractivity contribution < 1.29 is 4.74 Å². The minimum absolute atomic E-state index is 0.574. The highest BCUT2D eigenvalue weighted by Crippen LogP contribution is 2.30. The van der Waals surface area contributed by atoms with E-state index in [9.17, 15) is 0 Å². The van der Waals surface area contributed by atoms with Crippen LogP contribution in [0.4, 0.5) is 5.69 Å². The molecule has 1 aromatic carbocycles. The van der Waals surface area contributed by atoms with Crippen molar-refractivity contribution in [1.82, 2.24) is 5.32 Å². The highest BCUT2D eigenvalue weighted by molar-refractivity contribution is 6.32. The minimum Gasteiger partial charge on any atom is -0.495 e. The number of benzene rings is 1. The number of hydrogen-bond donors (Lipinski definition) is 1. The van der Waals surface area contributed by atoms with E-state index in [1.165, 1.54) is 18.5 Å². The van der Waals surface area contributed by atoms with Crippen molar-refractivity contribution in [3.8, 4) is 5.75 Å². The van der Waals surface area contributed by atoms with Gasteiger partial charge in [-0.2, -0.15) is 0 Å². The number of likely N-dealkylation sites (N-methyl/N-ethyl adjacent to an activating group) is 1. The maximum absolute atomic E-state index is 6.04. The summed E-state index contributed by atoms with van der Waals surface area (Å²) in [7, 11) is 3.67. The van der Waals surface area contributed by atoms with Crippen LogP contribution in [0.5, 0.6) is 5.75 Å². The van der Waals surface area contributed by atoms with Crippen LogP contribution in [0.2, 0.25) is 5.02 Å². The first-order valence-corrected chi connectivity index (χ1v) is 6.38. The maximum Gasteiger partial charge on any atom is 0.139 e. The van der Waals surface area contributed by atoms with Gasteiger partial charge in [-0.25, -0.2) is 0 Å². The average molecular weight is 255 g/mol. The number of hydrogen-bond acceptors (Lipinski definition) is 3. The second-order valence-corrected chi connectivity index (χ2v) is 4.80. The molecule has 17 heavy (non-hydrogen) atoms. The predicted molar refractivity (Wildman–Crippen MR) is 72.3 cm³/mol. The summed E-state index contributed by atoms with van der Waals surface area (Å²) in [6.07, 6.45) is 2.47. The Morgan fingerprint density at radius 2 is 2.29 bits per heavy atom. The second-order valence-electron chi connectivity index (χ2n) is 4.39. The van der Waals surface area contributed by atoms with Gasteiger partial charge in [-0.1, -0.05) is 11.6 Å². The Kier molecular flexibility index (Phi) is 4.13. The standard InChI is InChI=1S/C13H19ClN2O/c1-15-10-4-3-7-16(9-10)11-5-6-12(14)13(8-11)17-2/h5-6,8,10,15H,3-4,7,9H2,1-2H3. The van der Waals surface area contributed by atoms with Crippen molar-refractivity contribution in [2.75, 3.05) is 32.1 Å². The Morgan fingerprint density at radius 3 is 3.00 bits per heavy atom. The molecule has 0 amide bonds. The van der Waals surface area contributed by atoms with Crippen LogP contribution in [0.15, 0.2) is 18.2 Å². The summed E-state index contributed by atoms with van der Waals surface area (Å²) in [4.78, 5) is 2.38. The Labute approximate surface area is 108 Å². The van der Waals surface area contributed by atoms with Crippen LogP contribution in [0.25, 0.3) is 0 Å². The van der Waals surface area contributed by atoms with Crippen LogP contribution in [-0.4, -0.2) is 33.3 Å². The fourth-order valence-corrected chi connectivity index (χ4v) is 2.49. The van der Waals surface area contributed by atoms with Crippen LogP contribution < -0.4 is 15.0 Å². The van der Waals surface area contributed by atoms with Crippen LogP contribution >= 0.6 is 11.6 Å². The maximum atomic E-state index is 6.04. The second kappa shape index (κ2) is 5.61. The van der Waals surface area contributed by atoms with Gasteiger partial charge in [0.15, 0.2) is 0 Å². The highest BCUT2D eigenvalue weighted by Gasteiger charge is 2.19. The summed E-state index contributed by atoms with van der Waals surface area (Å²) in [5.74, 6) is 0.746. The van der Waals surface area contributed by atoms with E-state index in [1.54, 1.807) is 7.11 Å². The molecule has 3 nitrogen and oxygen atoms in total. The van der Waals surface area contributed by atoms with Crippen LogP contribution in [0, 0.1) is 0 Å². The number of anilines is 1. The van der Waals surface area contributed by atoms with Crippen molar-refractivity contribution in [3.63, 3.8) is 0 Å². The summed E-state index contributed by atoms with van der Waals surface area (Å²) in [6, 6.07) is 6.55. The molecule has 0 saturated carbocycles. The topological polar surface area (TPSA) is 24.5 Å². The molecule has 2 rings (SSSR count). The molecule has 1 aliphatic heterocycles. The van der Waals surface area contributed by atoms with E-state index < -0.39 is 0 Å². The largest absolute Gasteiger partial charge is 0.495 e. The van der Waals surface area contributed by atoms with Gasteiger partial charge < -0.3 is 15.0 Å². The quantitative estimate of drug-likeness (QED) is 0.897. The number of ether oxygens (including phenoxy) is 1. The lowest BCUT2D eigenvalue weighted by atomic mass is 10.1. The molecule has 1 unspecified atom stereocenters. The number of methoxy groups -OCH3 is 1. The van der Waals surface area contributed by atoms with E-state index in [0.717, 1.165) is 18.8 Å². The predicted octanol–water partition coefficient (Wildman–Crippen LogP) is 2.54. The zero-order chi connectivity index (χ0) is 12.3. The fourth-order valence-electron chi connectivity index (χ4n) is 2.29. The van der Waals surface area contributed by atoms with Gasteiger partial charge in [-0.15, -0.1) is 0 Å². The lowest BCUT2D eigenvalue weighted by molar-refractivity contribution is 0.414. The molecule has 0 spiro atoms. The van der Waals surface area contributed by atoms with E-state index in [0.29, 0.717) is 11.1 Å². The first-order valence-electron chi connectivity index (χ1n) is 6.00. The van der Waals surface area contributed by atoms with Gasteiger partial charge in [0, 0.05) is 30.9 Å². The first kappa shape index (κ1) is 12.5. The van der Waals surface area contributed by atoms with Crippen molar-refractivity contribution in [3.05, 3.63) is 23.2 Å². The molecule has 1 saturated heterocycles. The van der Waals surface area contributed by atoms with Gasteiger partial charge in [-0.3, -0.25) is 0 Å². The Hall–Kier alpha value is -0.930. The summed E-state index contributed by atoms with van der Waals surface area (Å²) in [6.45, 7) is 2.14. The normalized spacial score (nSPS) is 20.4. The molecule has 1 N–H and O–H groups in total. The van der Waals surface area contributed by atoms with Crippen molar-refractivity contribution in [2.45, 2.75) is 18.9 Å². The van der Waals surface area contributed by atoms with Gasteiger partial charge in [0.1, 0.15) is 5.75 Å². The van der Waals surface area contributed by atoms with Gasteiger partial charge in [0.25, 0.3) is 0 Å². The first-order chi connectivity index (χ1) is 8.24. The van der Waals surface area contributed by atoms with E-state index in [-0.39, 0.29) is 0 Å². The van der Waals surface area contributed by atoms with Crippen molar-refractivity contribution in [1.29, 1.82) is 0 Å². The smallest absolute Gasteiger partial charge is 0.139 e. The third-order valence-corrected chi connectivity index (χ3v) is 3.64. The SMILES string of the molecule is CNC1CCCN(c2ccc(Cl)c(OC)c2)C1. The Morgan fingerprint density at radius 1 is 1.47 bits per heavy atom. The molecule has 4 heteroatoms. The monoisotopic (exact) mass is 254 g/mol. The van der Waals surface area contributed by atoms with Gasteiger partial charge in [0.2, 0.25) is 0 Å². The third-order valence-electron chi connectivity index (χ3n) is 3.33. The molecular weight excluding hydrogens is 236 g/mol. The van der Waals surface area contributed by atoms with Crippen LogP contribution in [-0.2, 0) is 0 Å². The molecule has 1 heterocycles. The number of halogens is 1. The summed E-state index contributed by atoms with van der Waals surface area (Å²) in [5, 5.41) is 4.01. The molecule has 0 aliphatic carbocycles. The van der Waals surface area contributed by atoms with Crippen LogP contribution in [0.3, 0.4) is 0 Å². The van der Waals surface area contributed by atoms with E-state index >= 15 is 0 Å².